The SMILES string of the molecule is CCCOC(=O)c1c(NC(=O)c2cc(-c3ccccc3)nc3ccccc23)sc2c1CCCCC2. The summed E-state index contributed by atoms with van der Waals surface area (Å²) in [6.07, 6.45) is 5.82. The van der Waals surface area contributed by atoms with Crippen molar-refractivity contribution in [3.63, 3.8) is 0 Å². The number of rotatable bonds is 6. The van der Waals surface area contributed by atoms with Crippen molar-refractivity contribution >= 4 is 39.1 Å². The van der Waals surface area contributed by atoms with Crippen LogP contribution in [0.1, 0.15) is 63.8 Å². The molecule has 0 radical (unpaired) electrons. The maximum absolute atomic E-state index is 13.7. The van der Waals surface area contributed by atoms with Crippen molar-refractivity contribution in [1.82, 2.24) is 4.98 Å². The lowest BCUT2D eigenvalue weighted by Gasteiger charge is -2.12. The third-order valence-corrected chi connectivity index (χ3v) is 7.53. The Morgan fingerprint density at radius 3 is 2.60 bits per heavy atom. The first-order chi connectivity index (χ1) is 17.2. The number of benzene rings is 2. The molecule has 2 aromatic heterocycles. The van der Waals surface area contributed by atoms with Gasteiger partial charge in [0.15, 0.2) is 0 Å². The molecule has 178 valence electrons. The van der Waals surface area contributed by atoms with Gasteiger partial charge < -0.3 is 10.1 Å². The van der Waals surface area contributed by atoms with E-state index in [4.69, 9.17) is 9.72 Å². The van der Waals surface area contributed by atoms with Crippen molar-refractivity contribution in [2.24, 2.45) is 0 Å². The number of hydrogen-bond acceptors (Lipinski definition) is 5. The third kappa shape index (κ3) is 4.84. The summed E-state index contributed by atoms with van der Waals surface area (Å²) < 4.78 is 5.52. The van der Waals surface area contributed by atoms with E-state index in [9.17, 15) is 9.59 Å². The summed E-state index contributed by atoms with van der Waals surface area (Å²) >= 11 is 1.52. The standard InChI is InChI=1S/C29H28N2O3S/c1-2-17-34-29(33)26-21-14-7-4-8-16-25(21)35-28(26)31-27(32)22-18-24(19-11-5-3-6-12-19)30-23-15-10-9-13-20(22)23/h3,5-6,9-13,15,18H,2,4,7-8,14,16-17H2,1H3,(H,31,32). The lowest BCUT2D eigenvalue weighted by atomic mass is 10.0. The molecule has 0 bridgehead atoms. The number of nitrogens with one attached hydrogen (secondary N) is 1. The summed E-state index contributed by atoms with van der Waals surface area (Å²) in [6.45, 7) is 2.34. The molecule has 1 amide bonds. The topological polar surface area (TPSA) is 68.3 Å². The minimum Gasteiger partial charge on any atom is -0.462 e. The molecule has 0 atom stereocenters. The molecule has 0 spiro atoms. The molecular formula is C29H28N2O3S. The van der Waals surface area contributed by atoms with E-state index in [0.717, 1.165) is 66.2 Å². The number of aromatic nitrogens is 1. The fourth-order valence-corrected chi connectivity index (χ4v) is 5.88. The van der Waals surface area contributed by atoms with Crippen molar-refractivity contribution in [3.05, 3.63) is 82.2 Å². The van der Waals surface area contributed by atoms with Gasteiger partial charge in [0.2, 0.25) is 0 Å². The number of carbonyl (C=O) groups is 2. The molecule has 6 heteroatoms. The monoisotopic (exact) mass is 484 g/mol. The number of ether oxygens (including phenoxy) is 1. The van der Waals surface area contributed by atoms with Crippen molar-refractivity contribution in [2.75, 3.05) is 11.9 Å². The summed E-state index contributed by atoms with van der Waals surface area (Å²) in [5, 5.41) is 4.45. The zero-order valence-electron chi connectivity index (χ0n) is 19.8. The Kier molecular flexibility index (Phi) is 6.91. The van der Waals surface area contributed by atoms with Crippen molar-refractivity contribution < 1.29 is 14.3 Å². The second-order valence-electron chi connectivity index (χ2n) is 8.80. The van der Waals surface area contributed by atoms with Crippen LogP contribution in [0.3, 0.4) is 0 Å². The van der Waals surface area contributed by atoms with E-state index >= 15 is 0 Å². The van der Waals surface area contributed by atoms with Crippen LogP contribution in [0.2, 0.25) is 0 Å². The first-order valence-electron chi connectivity index (χ1n) is 12.2. The highest BCUT2D eigenvalue weighted by Gasteiger charge is 2.27. The van der Waals surface area contributed by atoms with Crippen LogP contribution in [-0.2, 0) is 17.6 Å². The van der Waals surface area contributed by atoms with Gasteiger partial charge in [-0.05, 0) is 49.8 Å². The molecule has 2 heterocycles. The summed E-state index contributed by atoms with van der Waals surface area (Å²) in [5.41, 5.74) is 4.55. The van der Waals surface area contributed by atoms with Gasteiger partial charge in [0, 0.05) is 15.8 Å². The number of carbonyl (C=O) groups excluding carboxylic acids is 2. The van der Waals surface area contributed by atoms with Crippen LogP contribution >= 0.6 is 11.3 Å². The molecule has 1 aliphatic carbocycles. The fourth-order valence-electron chi connectivity index (χ4n) is 4.60. The minimum absolute atomic E-state index is 0.248. The first kappa shape index (κ1) is 23.2. The molecule has 35 heavy (non-hydrogen) atoms. The van der Waals surface area contributed by atoms with E-state index in [1.165, 1.54) is 16.2 Å². The maximum atomic E-state index is 13.7. The van der Waals surface area contributed by atoms with Crippen LogP contribution in [0.25, 0.3) is 22.2 Å². The highest BCUT2D eigenvalue weighted by molar-refractivity contribution is 7.17. The van der Waals surface area contributed by atoms with Gasteiger partial charge in [-0.3, -0.25) is 4.79 Å². The second kappa shape index (κ2) is 10.4. The first-order valence-corrected chi connectivity index (χ1v) is 13.1. The Morgan fingerprint density at radius 2 is 1.77 bits per heavy atom. The molecule has 1 N–H and O–H groups in total. The van der Waals surface area contributed by atoms with E-state index in [1.807, 2.05) is 67.6 Å². The third-order valence-electron chi connectivity index (χ3n) is 6.32. The molecule has 0 saturated carbocycles. The van der Waals surface area contributed by atoms with Crippen LogP contribution in [0, 0.1) is 0 Å². The number of pyridine rings is 1. The highest BCUT2D eigenvalue weighted by Crippen LogP contribution is 2.38. The quantitative estimate of drug-likeness (QED) is 0.235. The molecule has 2 aromatic carbocycles. The minimum atomic E-state index is -0.342. The molecular weight excluding hydrogens is 456 g/mol. The van der Waals surface area contributed by atoms with Gasteiger partial charge in [0.25, 0.3) is 5.91 Å². The van der Waals surface area contributed by atoms with Gasteiger partial charge in [-0.15, -0.1) is 11.3 Å². The zero-order valence-corrected chi connectivity index (χ0v) is 20.6. The number of anilines is 1. The number of amides is 1. The van der Waals surface area contributed by atoms with E-state index in [-0.39, 0.29) is 11.9 Å². The number of thiophene rings is 1. The molecule has 0 aliphatic heterocycles. The Labute approximate surface area is 209 Å². The normalized spacial score (nSPS) is 13.2. The van der Waals surface area contributed by atoms with Gasteiger partial charge in [0.1, 0.15) is 5.00 Å². The second-order valence-corrected chi connectivity index (χ2v) is 9.90. The Morgan fingerprint density at radius 1 is 1.00 bits per heavy atom. The molecule has 5 rings (SSSR count). The lowest BCUT2D eigenvalue weighted by molar-refractivity contribution is 0.0505. The van der Waals surface area contributed by atoms with Gasteiger partial charge in [-0.25, -0.2) is 9.78 Å². The predicted octanol–water partition coefficient (Wildman–Crippen LogP) is 7.05. The number of para-hydroxylation sites is 1. The highest BCUT2D eigenvalue weighted by atomic mass is 32.1. The van der Waals surface area contributed by atoms with E-state index < -0.39 is 0 Å². The average Bonchev–Trinajstić information content (AvgIpc) is 3.06. The number of nitrogens with zero attached hydrogens (tertiary/aromatic N) is 1. The molecule has 4 aromatic rings. The molecule has 0 unspecified atom stereocenters. The van der Waals surface area contributed by atoms with E-state index in [1.54, 1.807) is 0 Å². The van der Waals surface area contributed by atoms with Crippen LogP contribution in [0.15, 0.2) is 60.7 Å². The Bertz CT molecular complexity index is 1380. The Balaban J connectivity index is 1.56. The molecule has 0 fully saturated rings. The number of fused-ring (bicyclic) bond motifs is 2. The zero-order chi connectivity index (χ0) is 24.2. The van der Waals surface area contributed by atoms with E-state index in [0.29, 0.717) is 22.7 Å². The van der Waals surface area contributed by atoms with Crippen molar-refractivity contribution in [1.29, 1.82) is 0 Å². The fraction of sp³-hybridized carbons (Fsp3) is 0.276. The van der Waals surface area contributed by atoms with Gasteiger partial charge in [0.05, 0.1) is 28.9 Å². The van der Waals surface area contributed by atoms with Crippen LogP contribution in [-0.4, -0.2) is 23.5 Å². The summed E-state index contributed by atoms with van der Waals surface area (Å²) in [5.74, 6) is -0.590. The molecule has 0 saturated heterocycles. The number of esters is 1. The van der Waals surface area contributed by atoms with Gasteiger partial charge >= 0.3 is 5.97 Å². The summed E-state index contributed by atoms with van der Waals surface area (Å²) in [4.78, 5) is 32.7. The van der Waals surface area contributed by atoms with Crippen molar-refractivity contribution in [2.45, 2.75) is 45.4 Å². The smallest absolute Gasteiger partial charge is 0.341 e. The van der Waals surface area contributed by atoms with Crippen molar-refractivity contribution in [3.8, 4) is 11.3 Å². The molecule has 1 aliphatic rings. The Hall–Kier alpha value is -3.51. The summed E-state index contributed by atoms with van der Waals surface area (Å²) in [6, 6.07) is 19.3. The van der Waals surface area contributed by atoms with Crippen LogP contribution in [0.5, 0.6) is 0 Å². The average molecular weight is 485 g/mol. The van der Waals surface area contributed by atoms with Gasteiger partial charge in [-0.2, -0.15) is 0 Å². The number of aryl methyl sites for hydroxylation is 1. The summed E-state index contributed by atoms with van der Waals surface area (Å²) in [7, 11) is 0. The van der Waals surface area contributed by atoms with Gasteiger partial charge in [-0.1, -0.05) is 61.9 Å². The van der Waals surface area contributed by atoms with E-state index in [2.05, 4.69) is 5.32 Å². The maximum Gasteiger partial charge on any atom is 0.341 e. The van der Waals surface area contributed by atoms with Crippen LogP contribution in [0.4, 0.5) is 5.00 Å². The molecule has 5 nitrogen and oxygen atoms in total. The lowest BCUT2D eigenvalue weighted by Crippen LogP contribution is -2.16. The largest absolute Gasteiger partial charge is 0.462 e. The predicted molar refractivity (Wildman–Crippen MR) is 141 cm³/mol. The van der Waals surface area contributed by atoms with Crippen LogP contribution < -0.4 is 5.32 Å². The number of hydrogen-bond donors (Lipinski definition) is 1.